The van der Waals surface area contributed by atoms with E-state index >= 15 is 0 Å². The maximum atomic E-state index is 12.2. The highest BCUT2D eigenvalue weighted by Gasteiger charge is 2.10. The number of amides is 1. The number of ketones is 1. The second-order valence-electron chi connectivity index (χ2n) is 5.84. The van der Waals surface area contributed by atoms with Gasteiger partial charge in [0.25, 0.3) is 5.91 Å². The third-order valence-electron chi connectivity index (χ3n) is 3.84. The van der Waals surface area contributed by atoms with Crippen LogP contribution < -0.4 is 5.32 Å². The lowest BCUT2D eigenvalue weighted by molar-refractivity contribution is -0.117. The quantitative estimate of drug-likeness (QED) is 0.707. The van der Waals surface area contributed by atoms with E-state index in [9.17, 15) is 9.59 Å². The van der Waals surface area contributed by atoms with E-state index in [1.165, 1.54) is 0 Å². The van der Waals surface area contributed by atoms with Gasteiger partial charge < -0.3 is 5.32 Å². The zero-order valence-electron chi connectivity index (χ0n) is 14.0. The predicted molar refractivity (Wildman–Crippen MR) is 102 cm³/mol. The SMILES string of the molecule is O=C(Cc1ccc(NC(=O)c2ccccc2Cl)cc1)Cc1ccccn1. The van der Waals surface area contributed by atoms with Gasteiger partial charge in [-0.15, -0.1) is 0 Å². The summed E-state index contributed by atoms with van der Waals surface area (Å²) >= 11 is 6.03. The topological polar surface area (TPSA) is 59.1 Å². The van der Waals surface area contributed by atoms with Crippen molar-refractivity contribution in [3.63, 3.8) is 0 Å². The van der Waals surface area contributed by atoms with E-state index < -0.39 is 0 Å². The Morgan fingerprint density at radius 2 is 1.62 bits per heavy atom. The molecule has 1 heterocycles. The molecular formula is C21H17ClN2O2. The Balaban J connectivity index is 1.59. The van der Waals surface area contributed by atoms with Crippen molar-refractivity contribution in [3.8, 4) is 0 Å². The summed E-state index contributed by atoms with van der Waals surface area (Å²) in [6.07, 6.45) is 2.32. The van der Waals surface area contributed by atoms with Crippen LogP contribution in [0.15, 0.2) is 72.9 Å². The number of anilines is 1. The molecular weight excluding hydrogens is 348 g/mol. The lowest BCUT2D eigenvalue weighted by Gasteiger charge is -2.08. The van der Waals surface area contributed by atoms with Gasteiger partial charge in [0.2, 0.25) is 0 Å². The van der Waals surface area contributed by atoms with Crippen molar-refractivity contribution in [1.82, 2.24) is 4.98 Å². The van der Waals surface area contributed by atoms with E-state index in [2.05, 4.69) is 10.3 Å². The van der Waals surface area contributed by atoms with Gasteiger partial charge in [-0.2, -0.15) is 0 Å². The van der Waals surface area contributed by atoms with E-state index in [1.54, 1.807) is 42.6 Å². The molecule has 0 aliphatic carbocycles. The van der Waals surface area contributed by atoms with E-state index in [-0.39, 0.29) is 11.7 Å². The molecule has 0 unspecified atom stereocenters. The summed E-state index contributed by atoms with van der Waals surface area (Å²) < 4.78 is 0. The lowest BCUT2D eigenvalue weighted by Crippen LogP contribution is -2.12. The molecule has 2 aromatic carbocycles. The monoisotopic (exact) mass is 364 g/mol. The fraction of sp³-hybridized carbons (Fsp3) is 0.0952. The number of carbonyl (C=O) groups is 2. The summed E-state index contributed by atoms with van der Waals surface area (Å²) in [6.45, 7) is 0. The van der Waals surface area contributed by atoms with Crippen molar-refractivity contribution < 1.29 is 9.59 Å². The Labute approximate surface area is 156 Å². The van der Waals surface area contributed by atoms with Crippen molar-refractivity contribution in [3.05, 3.63) is 94.8 Å². The lowest BCUT2D eigenvalue weighted by atomic mass is 10.0. The molecule has 0 aliphatic rings. The molecule has 1 amide bonds. The zero-order chi connectivity index (χ0) is 18.4. The maximum Gasteiger partial charge on any atom is 0.257 e. The van der Waals surface area contributed by atoms with Gasteiger partial charge in [0.05, 0.1) is 10.6 Å². The van der Waals surface area contributed by atoms with E-state index in [1.807, 2.05) is 30.3 Å². The Bertz CT molecular complexity index is 909. The number of halogens is 1. The molecule has 5 heteroatoms. The fourth-order valence-corrected chi connectivity index (χ4v) is 2.77. The average Bonchev–Trinajstić information content (AvgIpc) is 2.64. The maximum absolute atomic E-state index is 12.2. The normalized spacial score (nSPS) is 10.3. The first-order chi connectivity index (χ1) is 12.6. The first-order valence-electron chi connectivity index (χ1n) is 8.18. The number of nitrogens with zero attached hydrogens (tertiary/aromatic N) is 1. The van der Waals surface area contributed by atoms with Crippen molar-refractivity contribution in [1.29, 1.82) is 0 Å². The minimum absolute atomic E-state index is 0.0940. The van der Waals surface area contributed by atoms with Crippen LogP contribution in [0.5, 0.6) is 0 Å². The third kappa shape index (κ3) is 4.77. The first-order valence-corrected chi connectivity index (χ1v) is 8.56. The smallest absolute Gasteiger partial charge is 0.257 e. The minimum Gasteiger partial charge on any atom is -0.322 e. The van der Waals surface area contributed by atoms with E-state index in [0.29, 0.717) is 29.1 Å². The second kappa shape index (κ2) is 8.41. The molecule has 0 saturated carbocycles. The standard InChI is InChI=1S/C21H17ClN2O2/c22-20-7-2-1-6-19(20)21(26)24-16-10-8-15(9-11-16)13-18(25)14-17-5-3-4-12-23-17/h1-12H,13-14H2,(H,24,26). The Hall–Kier alpha value is -2.98. The molecule has 130 valence electrons. The number of pyridine rings is 1. The molecule has 26 heavy (non-hydrogen) atoms. The van der Waals surface area contributed by atoms with Gasteiger partial charge in [-0.25, -0.2) is 0 Å². The molecule has 0 atom stereocenters. The largest absolute Gasteiger partial charge is 0.322 e. The highest BCUT2D eigenvalue weighted by Crippen LogP contribution is 2.18. The summed E-state index contributed by atoms with van der Waals surface area (Å²) in [4.78, 5) is 28.6. The van der Waals surface area contributed by atoms with Crippen molar-refractivity contribution in [2.24, 2.45) is 0 Å². The summed E-state index contributed by atoms with van der Waals surface area (Å²) in [6, 6.07) is 19.6. The number of hydrogen-bond acceptors (Lipinski definition) is 3. The van der Waals surface area contributed by atoms with Gasteiger partial charge in [0, 0.05) is 30.4 Å². The molecule has 0 bridgehead atoms. The van der Waals surface area contributed by atoms with Crippen LogP contribution >= 0.6 is 11.6 Å². The Morgan fingerprint density at radius 3 is 2.31 bits per heavy atom. The summed E-state index contributed by atoms with van der Waals surface area (Å²) in [5, 5.41) is 3.21. The molecule has 1 aromatic heterocycles. The summed E-state index contributed by atoms with van der Waals surface area (Å²) in [7, 11) is 0. The number of benzene rings is 2. The second-order valence-corrected chi connectivity index (χ2v) is 6.25. The van der Waals surface area contributed by atoms with E-state index in [0.717, 1.165) is 11.3 Å². The highest BCUT2D eigenvalue weighted by atomic mass is 35.5. The number of hydrogen-bond donors (Lipinski definition) is 1. The summed E-state index contributed by atoms with van der Waals surface area (Å²) in [5.74, 6) is -0.175. The van der Waals surface area contributed by atoms with Crippen LogP contribution in [0.4, 0.5) is 5.69 Å². The molecule has 0 fully saturated rings. The van der Waals surface area contributed by atoms with Gasteiger partial charge in [0.15, 0.2) is 0 Å². The molecule has 0 spiro atoms. The fourth-order valence-electron chi connectivity index (χ4n) is 2.54. The van der Waals surface area contributed by atoms with Crippen LogP contribution in [0.25, 0.3) is 0 Å². The van der Waals surface area contributed by atoms with Gasteiger partial charge in [0.1, 0.15) is 5.78 Å². The van der Waals surface area contributed by atoms with Crippen molar-refractivity contribution >= 4 is 29.0 Å². The molecule has 3 rings (SSSR count). The van der Waals surface area contributed by atoms with Crippen molar-refractivity contribution in [2.45, 2.75) is 12.8 Å². The van der Waals surface area contributed by atoms with Crippen molar-refractivity contribution in [2.75, 3.05) is 5.32 Å². The van der Waals surface area contributed by atoms with Crippen LogP contribution in [0.1, 0.15) is 21.6 Å². The van der Waals surface area contributed by atoms with Gasteiger partial charge in [-0.3, -0.25) is 14.6 Å². The van der Waals surface area contributed by atoms with Gasteiger partial charge in [-0.1, -0.05) is 41.9 Å². The molecule has 0 radical (unpaired) electrons. The number of rotatable bonds is 6. The van der Waals surface area contributed by atoms with Crippen LogP contribution in [0.3, 0.4) is 0 Å². The molecule has 0 aliphatic heterocycles. The molecule has 1 N–H and O–H groups in total. The average molecular weight is 365 g/mol. The number of nitrogens with one attached hydrogen (secondary N) is 1. The molecule has 0 saturated heterocycles. The number of Topliss-reactive ketones (excluding diaryl/α,β-unsaturated/α-hetero) is 1. The van der Waals surface area contributed by atoms with Crippen LogP contribution in [-0.4, -0.2) is 16.7 Å². The Kier molecular flexibility index (Phi) is 5.77. The van der Waals surface area contributed by atoms with Crippen LogP contribution in [0, 0.1) is 0 Å². The zero-order valence-corrected chi connectivity index (χ0v) is 14.7. The first kappa shape index (κ1) is 17.8. The summed E-state index contributed by atoms with van der Waals surface area (Å²) in [5.41, 5.74) is 2.72. The number of aromatic nitrogens is 1. The molecule has 4 nitrogen and oxygen atoms in total. The van der Waals surface area contributed by atoms with E-state index in [4.69, 9.17) is 11.6 Å². The predicted octanol–water partition coefficient (Wildman–Crippen LogP) is 4.34. The highest BCUT2D eigenvalue weighted by molar-refractivity contribution is 6.34. The third-order valence-corrected chi connectivity index (χ3v) is 4.17. The molecule has 3 aromatic rings. The van der Waals surface area contributed by atoms with Gasteiger partial charge >= 0.3 is 0 Å². The van der Waals surface area contributed by atoms with Gasteiger partial charge in [-0.05, 0) is 42.0 Å². The minimum atomic E-state index is -0.269. The van der Waals surface area contributed by atoms with Crippen LogP contribution in [-0.2, 0) is 17.6 Å². The number of carbonyl (C=O) groups excluding carboxylic acids is 2. The van der Waals surface area contributed by atoms with Crippen LogP contribution in [0.2, 0.25) is 5.02 Å². The Morgan fingerprint density at radius 1 is 0.885 bits per heavy atom.